The van der Waals surface area contributed by atoms with E-state index in [1.807, 2.05) is 12.2 Å². The number of phosphoric acid groups is 2. The summed E-state index contributed by atoms with van der Waals surface area (Å²) in [6.45, 7) is 4.61. The number of allylic oxidation sites excluding steroid dienone is 24. The van der Waals surface area contributed by atoms with Crippen molar-refractivity contribution < 1.29 is 80.2 Å². The molecule has 618 valence electrons. The minimum absolute atomic E-state index is 0.00952. The van der Waals surface area contributed by atoms with Crippen molar-refractivity contribution in [2.45, 2.75) is 354 Å². The monoisotopic (exact) mass is 1550 g/mol. The number of aliphatic hydroxyl groups excluding tert-OH is 1. The summed E-state index contributed by atoms with van der Waals surface area (Å²) in [5.41, 5.74) is 0. The van der Waals surface area contributed by atoms with Crippen molar-refractivity contribution >= 4 is 39.5 Å². The topological polar surface area (TPSA) is 237 Å². The van der Waals surface area contributed by atoms with Crippen molar-refractivity contribution in [2.75, 3.05) is 39.6 Å². The molecule has 5 atom stereocenters. The molecule has 0 rings (SSSR count). The maximum absolute atomic E-state index is 13.1. The molecule has 0 aliphatic rings. The highest BCUT2D eigenvalue weighted by atomic mass is 31.2. The van der Waals surface area contributed by atoms with E-state index in [2.05, 4.69) is 161 Å². The average molecular weight is 1550 g/mol. The fourth-order valence-corrected chi connectivity index (χ4v) is 12.4. The van der Waals surface area contributed by atoms with Gasteiger partial charge in [0.05, 0.1) is 26.4 Å². The molecule has 0 aromatic rings. The SMILES string of the molecule is CC/C=C\C/C=C\C/C=C\C/C=C\C/C=C\CCCC(=O)OC(COC(=O)CCCCCCCC/C=C\C/C=C\C/C=C\CCCCC)COP(=O)(O)OCC(O)COP(=O)(O)OCC(COC(=O)CCCCCCCC/C=C\C/C=C\C/C=C\CCCCC)OC(=O)CCCCCCC/C=C\CCCCCC. The van der Waals surface area contributed by atoms with Crippen molar-refractivity contribution in [1.29, 1.82) is 0 Å². The summed E-state index contributed by atoms with van der Waals surface area (Å²) in [5, 5.41) is 10.7. The quantitative estimate of drug-likeness (QED) is 0.0169. The van der Waals surface area contributed by atoms with Crippen molar-refractivity contribution in [1.82, 2.24) is 0 Å². The van der Waals surface area contributed by atoms with Gasteiger partial charge in [-0.15, -0.1) is 0 Å². The van der Waals surface area contributed by atoms with Crippen LogP contribution in [0, 0.1) is 0 Å². The first-order chi connectivity index (χ1) is 52.7. The highest BCUT2D eigenvalue weighted by Gasteiger charge is 2.30. The lowest BCUT2D eigenvalue weighted by molar-refractivity contribution is -0.161. The molecule has 0 spiro atoms. The summed E-state index contributed by atoms with van der Waals surface area (Å²) >= 11 is 0. The van der Waals surface area contributed by atoms with Gasteiger partial charge in [0, 0.05) is 25.7 Å². The summed E-state index contributed by atoms with van der Waals surface area (Å²) in [4.78, 5) is 73.2. The van der Waals surface area contributed by atoms with E-state index in [4.69, 9.17) is 37.0 Å². The summed E-state index contributed by atoms with van der Waals surface area (Å²) in [7, 11) is -10.00. The molecule has 0 aliphatic carbocycles. The number of hydrogen-bond donors (Lipinski definition) is 3. The molecule has 0 saturated carbocycles. The number of ether oxygens (including phenoxy) is 4. The van der Waals surface area contributed by atoms with Crippen molar-refractivity contribution in [3.8, 4) is 0 Å². The van der Waals surface area contributed by atoms with Gasteiger partial charge in [-0.05, 0) is 167 Å². The molecule has 19 heteroatoms. The molecule has 0 bridgehead atoms. The molecular weight excluding hydrogens is 1400 g/mol. The van der Waals surface area contributed by atoms with E-state index >= 15 is 0 Å². The number of hydrogen-bond acceptors (Lipinski definition) is 15. The second-order valence-electron chi connectivity index (χ2n) is 27.7. The van der Waals surface area contributed by atoms with E-state index in [0.717, 1.165) is 186 Å². The molecule has 0 saturated heterocycles. The Morgan fingerprint density at radius 1 is 0.269 bits per heavy atom. The second-order valence-corrected chi connectivity index (χ2v) is 30.6. The normalized spacial score (nSPS) is 14.5. The van der Waals surface area contributed by atoms with Gasteiger partial charge in [0.1, 0.15) is 19.3 Å². The number of carbonyl (C=O) groups excluding carboxylic acids is 4. The van der Waals surface area contributed by atoms with E-state index in [1.165, 1.54) is 64.2 Å². The first-order valence-electron chi connectivity index (χ1n) is 42.1. The van der Waals surface area contributed by atoms with Gasteiger partial charge in [0.25, 0.3) is 0 Å². The van der Waals surface area contributed by atoms with Crippen LogP contribution in [0.15, 0.2) is 146 Å². The highest BCUT2D eigenvalue weighted by Crippen LogP contribution is 2.45. The molecule has 5 unspecified atom stereocenters. The molecule has 0 amide bonds. The zero-order valence-corrected chi connectivity index (χ0v) is 69.5. The lowest BCUT2D eigenvalue weighted by Crippen LogP contribution is -2.30. The molecule has 0 radical (unpaired) electrons. The Bertz CT molecular complexity index is 2610. The van der Waals surface area contributed by atoms with Gasteiger partial charge >= 0.3 is 39.5 Å². The van der Waals surface area contributed by atoms with Crippen molar-refractivity contribution in [3.05, 3.63) is 146 Å². The third kappa shape index (κ3) is 79.0. The van der Waals surface area contributed by atoms with E-state index in [1.54, 1.807) is 0 Å². The number of aliphatic hydroxyl groups is 1. The standard InChI is InChI=1S/C89H150O17P2/c1-5-9-13-17-21-25-29-33-36-39-41-44-46-50-53-57-61-65-69-73-86(91)99-79-84(105-88(93)75-71-67-63-59-55-49-32-28-24-20-16-12-8-4)81-103-107(95,96)101-77-83(90)78-102-108(97,98)104-82-85(106-89(94)76-72-68-64-60-56-52-48-43-38-35-31-27-23-19-15-11-7-3)80-100-87(92)74-70-66-62-58-54-51-47-45-42-40-37-34-30-26-22-18-14-10-6-2/h11,15,21-23,25-28,32-38,41-42,44-45,48,52,60,64,83-85,90H,5-10,12-14,16-20,24,29-31,39-40,43,46-47,49-51,53-59,61-63,65-82H2,1-4H3,(H,95,96)(H,97,98)/b15-11-,25-21-,26-22-,27-23-,32-28-,36-33-,37-34-,38-35-,44-41-,45-42-,52-48-,64-60-. The Kier molecular flexibility index (Phi) is 76.3. The lowest BCUT2D eigenvalue weighted by atomic mass is 10.1. The van der Waals surface area contributed by atoms with Crippen LogP contribution in [0.2, 0.25) is 0 Å². The molecule has 0 fully saturated rings. The fourth-order valence-electron chi connectivity index (χ4n) is 10.9. The number of rotatable bonds is 78. The maximum Gasteiger partial charge on any atom is 0.472 e. The zero-order chi connectivity index (χ0) is 78.9. The molecule has 108 heavy (non-hydrogen) atoms. The predicted molar refractivity (Wildman–Crippen MR) is 445 cm³/mol. The molecular formula is C89H150O17P2. The van der Waals surface area contributed by atoms with Crippen LogP contribution in [0.3, 0.4) is 0 Å². The molecule has 3 N–H and O–H groups in total. The van der Waals surface area contributed by atoms with Gasteiger partial charge in [-0.25, -0.2) is 9.13 Å². The lowest BCUT2D eigenvalue weighted by Gasteiger charge is -2.21. The number of unbranched alkanes of at least 4 members (excludes halogenated alkanes) is 28. The third-order valence-corrected chi connectivity index (χ3v) is 19.2. The molecule has 0 aliphatic heterocycles. The fraction of sp³-hybridized carbons (Fsp3) is 0.685. The van der Waals surface area contributed by atoms with Gasteiger partial charge < -0.3 is 33.8 Å². The Balaban J connectivity index is 5.43. The molecule has 0 heterocycles. The van der Waals surface area contributed by atoms with Gasteiger partial charge in [-0.3, -0.25) is 37.3 Å². The van der Waals surface area contributed by atoms with Crippen LogP contribution < -0.4 is 0 Å². The van der Waals surface area contributed by atoms with E-state index < -0.39 is 97.5 Å². The Morgan fingerprint density at radius 2 is 0.491 bits per heavy atom. The average Bonchev–Trinajstić information content (AvgIpc) is 0.905. The third-order valence-electron chi connectivity index (χ3n) is 17.3. The second kappa shape index (κ2) is 80.0. The summed E-state index contributed by atoms with van der Waals surface area (Å²) < 4.78 is 68.7. The van der Waals surface area contributed by atoms with Crippen LogP contribution in [0.1, 0.15) is 336 Å². The number of phosphoric ester groups is 2. The maximum atomic E-state index is 13.1. The van der Waals surface area contributed by atoms with E-state index in [-0.39, 0.29) is 25.7 Å². The van der Waals surface area contributed by atoms with E-state index in [9.17, 15) is 43.2 Å². The number of esters is 4. The number of carbonyl (C=O) groups is 4. The minimum Gasteiger partial charge on any atom is -0.462 e. The van der Waals surface area contributed by atoms with Gasteiger partial charge in [0.15, 0.2) is 12.2 Å². The zero-order valence-electron chi connectivity index (χ0n) is 67.7. The largest absolute Gasteiger partial charge is 0.472 e. The van der Waals surface area contributed by atoms with Crippen LogP contribution >= 0.6 is 15.6 Å². The summed E-state index contributed by atoms with van der Waals surface area (Å²) in [5.74, 6) is -2.28. The molecule has 0 aromatic carbocycles. The first kappa shape index (κ1) is 103. The van der Waals surface area contributed by atoms with Crippen LogP contribution in [0.25, 0.3) is 0 Å². The van der Waals surface area contributed by atoms with Crippen LogP contribution in [0.4, 0.5) is 0 Å². The van der Waals surface area contributed by atoms with Crippen molar-refractivity contribution in [2.24, 2.45) is 0 Å². The smallest absolute Gasteiger partial charge is 0.462 e. The minimum atomic E-state index is -5.00. The summed E-state index contributed by atoms with van der Waals surface area (Å²) in [6, 6.07) is 0. The predicted octanol–water partition coefficient (Wildman–Crippen LogP) is 25.0. The Labute approximate surface area is 656 Å². The van der Waals surface area contributed by atoms with Crippen molar-refractivity contribution in [3.63, 3.8) is 0 Å². The van der Waals surface area contributed by atoms with Gasteiger partial charge in [-0.1, -0.05) is 289 Å². The van der Waals surface area contributed by atoms with Crippen LogP contribution in [0.5, 0.6) is 0 Å². The van der Waals surface area contributed by atoms with Gasteiger partial charge in [-0.2, -0.15) is 0 Å². The Hall–Kier alpha value is -5.06. The van der Waals surface area contributed by atoms with Crippen LogP contribution in [-0.2, 0) is 65.4 Å². The van der Waals surface area contributed by atoms with Crippen LogP contribution in [-0.4, -0.2) is 96.7 Å². The molecule has 0 aromatic heterocycles. The molecule has 17 nitrogen and oxygen atoms in total. The summed E-state index contributed by atoms with van der Waals surface area (Å²) in [6.07, 6.45) is 92.5. The highest BCUT2D eigenvalue weighted by molar-refractivity contribution is 7.47. The van der Waals surface area contributed by atoms with E-state index in [0.29, 0.717) is 32.1 Å². The van der Waals surface area contributed by atoms with Gasteiger partial charge in [0.2, 0.25) is 0 Å². The Morgan fingerprint density at radius 3 is 0.806 bits per heavy atom. The first-order valence-corrected chi connectivity index (χ1v) is 45.1.